The number of rotatable bonds is 3. The minimum absolute atomic E-state index is 0.544. The van der Waals surface area contributed by atoms with Crippen LogP contribution in [-0.2, 0) is 6.61 Å². The van der Waals surface area contributed by atoms with Gasteiger partial charge in [0.25, 0.3) is 0 Å². The molecular formula is C14H14BrNO. The van der Waals surface area contributed by atoms with Crippen molar-refractivity contribution in [1.82, 2.24) is 0 Å². The summed E-state index contributed by atoms with van der Waals surface area (Å²) in [6, 6.07) is 13.9. The van der Waals surface area contributed by atoms with Crippen molar-refractivity contribution in [3.8, 4) is 5.75 Å². The molecule has 0 spiro atoms. The molecule has 17 heavy (non-hydrogen) atoms. The van der Waals surface area contributed by atoms with Crippen molar-refractivity contribution in [2.24, 2.45) is 0 Å². The van der Waals surface area contributed by atoms with Gasteiger partial charge in [0, 0.05) is 5.69 Å². The molecule has 0 radical (unpaired) electrons. The lowest BCUT2D eigenvalue weighted by atomic mass is 10.2. The smallest absolute Gasteiger partial charge is 0.136 e. The number of aryl methyl sites for hydroxylation is 1. The Morgan fingerprint density at radius 1 is 1.12 bits per heavy atom. The molecule has 2 N–H and O–H groups in total. The molecule has 0 aliphatic carbocycles. The Bertz CT molecular complexity index is 508. The number of hydrogen-bond donors (Lipinski definition) is 1. The Morgan fingerprint density at radius 2 is 1.82 bits per heavy atom. The average Bonchev–Trinajstić information content (AvgIpc) is 2.33. The van der Waals surface area contributed by atoms with Crippen molar-refractivity contribution in [3.63, 3.8) is 0 Å². The van der Waals surface area contributed by atoms with Gasteiger partial charge in [0.2, 0.25) is 0 Å². The number of halogens is 1. The first-order valence-corrected chi connectivity index (χ1v) is 6.18. The van der Waals surface area contributed by atoms with Gasteiger partial charge in [-0.1, -0.05) is 35.9 Å². The lowest BCUT2D eigenvalue weighted by molar-refractivity contribution is 0.304. The molecule has 2 aromatic rings. The summed E-state index contributed by atoms with van der Waals surface area (Å²) in [5.74, 6) is 0.769. The maximum Gasteiger partial charge on any atom is 0.136 e. The third-order valence-electron chi connectivity index (χ3n) is 2.51. The van der Waals surface area contributed by atoms with Crippen molar-refractivity contribution in [1.29, 1.82) is 0 Å². The van der Waals surface area contributed by atoms with E-state index in [0.717, 1.165) is 15.8 Å². The second-order valence-electron chi connectivity index (χ2n) is 3.93. The van der Waals surface area contributed by atoms with Gasteiger partial charge in [0.15, 0.2) is 0 Å². The Labute approximate surface area is 110 Å². The van der Waals surface area contributed by atoms with Crippen LogP contribution < -0.4 is 10.5 Å². The summed E-state index contributed by atoms with van der Waals surface area (Å²) in [5, 5.41) is 0. The molecule has 0 aliphatic heterocycles. The zero-order valence-electron chi connectivity index (χ0n) is 9.61. The van der Waals surface area contributed by atoms with E-state index >= 15 is 0 Å². The number of nitrogens with two attached hydrogens (primary N) is 1. The number of benzene rings is 2. The minimum atomic E-state index is 0.544. The normalized spacial score (nSPS) is 10.2. The summed E-state index contributed by atoms with van der Waals surface area (Å²) in [7, 11) is 0. The summed E-state index contributed by atoms with van der Waals surface area (Å²) in [4.78, 5) is 0. The van der Waals surface area contributed by atoms with Crippen LogP contribution in [0.5, 0.6) is 5.75 Å². The van der Waals surface area contributed by atoms with Gasteiger partial charge in [0.05, 0.1) is 4.47 Å². The summed E-state index contributed by atoms with van der Waals surface area (Å²) in [6.45, 7) is 2.61. The van der Waals surface area contributed by atoms with E-state index in [-0.39, 0.29) is 0 Å². The predicted molar refractivity (Wildman–Crippen MR) is 74.1 cm³/mol. The quantitative estimate of drug-likeness (QED) is 0.870. The maximum absolute atomic E-state index is 5.78. The molecule has 0 fully saturated rings. The fourth-order valence-corrected chi connectivity index (χ4v) is 1.86. The Kier molecular flexibility index (Phi) is 3.69. The van der Waals surface area contributed by atoms with Gasteiger partial charge < -0.3 is 10.5 Å². The number of nitrogen functional groups attached to an aromatic ring is 1. The Balaban J connectivity index is 2.07. The molecule has 2 aromatic carbocycles. The van der Waals surface area contributed by atoms with Crippen molar-refractivity contribution >= 4 is 21.6 Å². The third kappa shape index (κ3) is 3.01. The molecule has 88 valence electrons. The summed E-state index contributed by atoms with van der Waals surface area (Å²) in [6.07, 6.45) is 0. The van der Waals surface area contributed by atoms with E-state index in [1.807, 2.05) is 18.2 Å². The van der Waals surface area contributed by atoms with Gasteiger partial charge in [-0.2, -0.15) is 0 Å². The first-order valence-electron chi connectivity index (χ1n) is 5.39. The van der Waals surface area contributed by atoms with Crippen LogP contribution in [0.25, 0.3) is 0 Å². The van der Waals surface area contributed by atoms with Gasteiger partial charge in [-0.05, 0) is 40.5 Å². The van der Waals surface area contributed by atoms with Gasteiger partial charge >= 0.3 is 0 Å². The number of anilines is 1. The SMILES string of the molecule is Cc1ccc(COc2cccc(N)c2Br)cc1. The van der Waals surface area contributed by atoms with Crippen molar-refractivity contribution in [2.45, 2.75) is 13.5 Å². The van der Waals surface area contributed by atoms with Gasteiger partial charge in [0.1, 0.15) is 12.4 Å². The topological polar surface area (TPSA) is 35.2 Å². The van der Waals surface area contributed by atoms with Crippen LogP contribution in [0.4, 0.5) is 5.69 Å². The Morgan fingerprint density at radius 3 is 2.53 bits per heavy atom. The van der Waals surface area contributed by atoms with Crippen LogP contribution in [0.15, 0.2) is 46.9 Å². The molecular weight excluding hydrogens is 278 g/mol. The summed E-state index contributed by atoms with van der Waals surface area (Å²) >= 11 is 3.42. The minimum Gasteiger partial charge on any atom is -0.488 e. The van der Waals surface area contributed by atoms with Crippen LogP contribution in [0.1, 0.15) is 11.1 Å². The third-order valence-corrected chi connectivity index (χ3v) is 3.36. The standard InChI is InChI=1S/C14H14BrNO/c1-10-5-7-11(8-6-10)9-17-13-4-2-3-12(16)14(13)15/h2-8H,9,16H2,1H3. The highest BCUT2D eigenvalue weighted by molar-refractivity contribution is 9.10. The first-order chi connectivity index (χ1) is 8.16. The molecule has 0 saturated heterocycles. The summed E-state index contributed by atoms with van der Waals surface area (Å²) in [5.41, 5.74) is 8.86. The van der Waals surface area contributed by atoms with Gasteiger partial charge in [-0.25, -0.2) is 0 Å². The molecule has 0 atom stereocenters. The monoisotopic (exact) mass is 291 g/mol. The van der Waals surface area contributed by atoms with Crippen molar-refractivity contribution in [3.05, 3.63) is 58.1 Å². The van der Waals surface area contributed by atoms with E-state index in [0.29, 0.717) is 12.3 Å². The highest BCUT2D eigenvalue weighted by Gasteiger charge is 2.04. The van der Waals surface area contributed by atoms with E-state index in [2.05, 4.69) is 47.1 Å². The van der Waals surface area contributed by atoms with Crippen molar-refractivity contribution in [2.75, 3.05) is 5.73 Å². The van der Waals surface area contributed by atoms with Gasteiger partial charge in [-0.15, -0.1) is 0 Å². The van der Waals surface area contributed by atoms with Crippen LogP contribution in [0.2, 0.25) is 0 Å². The maximum atomic E-state index is 5.78. The van der Waals surface area contributed by atoms with E-state index < -0.39 is 0 Å². The van der Waals surface area contributed by atoms with E-state index in [9.17, 15) is 0 Å². The van der Waals surface area contributed by atoms with E-state index in [1.54, 1.807) is 0 Å². The molecule has 0 amide bonds. The molecule has 0 unspecified atom stereocenters. The zero-order chi connectivity index (χ0) is 12.3. The molecule has 0 aliphatic rings. The average molecular weight is 292 g/mol. The highest BCUT2D eigenvalue weighted by Crippen LogP contribution is 2.30. The zero-order valence-corrected chi connectivity index (χ0v) is 11.2. The lowest BCUT2D eigenvalue weighted by Crippen LogP contribution is -1.97. The second-order valence-corrected chi connectivity index (χ2v) is 4.73. The molecule has 0 aromatic heterocycles. The molecule has 3 heteroatoms. The fourth-order valence-electron chi connectivity index (χ4n) is 1.48. The fraction of sp³-hybridized carbons (Fsp3) is 0.143. The molecule has 0 heterocycles. The number of hydrogen-bond acceptors (Lipinski definition) is 2. The highest BCUT2D eigenvalue weighted by atomic mass is 79.9. The molecule has 2 nitrogen and oxygen atoms in total. The van der Waals surface area contributed by atoms with E-state index in [1.165, 1.54) is 5.56 Å². The van der Waals surface area contributed by atoms with Crippen LogP contribution in [0.3, 0.4) is 0 Å². The van der Waals surface area contributed by atoms with Gasteiger partial charge in [-0.3, -0.25) is 0 Å². The van der Waals surface area contributed by atoms with Crippen molar-refractivity contribution < 1.29 is 4.74 Å². The van der Waals surface area contributed by atoms with Crippen LogP contribution >= 0.6 is 15.9 Å². The number of ether oxygens (including phenoxy) is 1. The molecule has 2 rings (SSSR count). The second kappa shape index (κ2) is 5.23. The van der Waals surface area contributed by atoms with Crippen LogP contribution in [-0.4, -0.2) is 0 Å². The van der Waals surface area contributed by atoms with Crippen LogP contribution in [0, 0.1) is 6.92 Å². The lowest BCUT2D eigenvalue weighted by Gasteiger charge is -2.09. The Hall–Kier alpha value is -1.48. The largest absolute Gasteiger partial charge is 0.488 e. The predicted octanol–water partition coefficient (Wildman–Crippen LogP) is 3.92. The molecule has 0 bridgehead atoms. The summed E-state index contributed by atoms with van der Waals surface area (Å²) < 4.78 is 6.53. The first kappa shape index (κ1) is 12.0. The molecule has 0 saturated carbocycles. The van der Waals surface area contributed by atoms with E-state index in [4.69, 9.17) is 10.5 Å².